The topological polar surface area (TPSA) is 3.88 Å². The van der Waals surface area contributed by atoms with Crippen LogP contribution in [0.25, 0.3) is 33.2 Å². The van der Waals surface area contributed by atoms with Crippen LogP contribution in [-0.2, 0) is 7.05 Å². The largest absolute Gasteiger partial charge is 0.220 e. The second-order valence-electron chi connectivity index (χ2n) is 10.6. The van der Waals surface area contributed by atoms with Crippen molar-refractivity contribution in [2.75, 3.05) is 0 Å². The summed E-state index contributed by atoms with van der Waals surface area (Å²) in [7, 11) is 2.21. The molecule has 1 aromatic heterocycles. The average molecular weight is 433 g/mol. The van der Waals surface area contributed by atoms with Gasteiger partial charge in [-0.15, -0.1) is 0 Å². The van der Waals surface area contributed by atoms with Crippen molar-refractivity contribution < 1.29 is 4.57 Å². The van der Waals surface area contributed by atoms with E-state index in [1.165, 1.54) is 76.5 Å². The van der Waals surface area contributed by atoms with Crippen molar-refractivity contribution in [1.82, 2.24) is 0 Å². The van der Waals surface area contributed by atoms with Crippen molar-refractivity contribution in [3.05, 3.63) is 89.6 Å². The Morgan fingerprint density at radius 1 is 0.758 bits per heavy atom. The minimum absolute atomic E-state index is 0.770. The standard InChI is InChI=1S/C32H34N/c1-21-17-26(24-7-5-4-6-8-24)13-15-29(21)32-30-16-14-27(20-28(30)18-22(2)33(32)3)31-19-23-9-11-25(31)12-10-23/h4-8,13-18,20,23,25,31H,9-12,19H2,1-3H3/q+1. The molecule has 3 aliphatic carbocycles. The van der Waals surface area contributed by atoms with Crippen LogP contribution in [0.5, 0.6) is 0 Å². The number of hydrogen-bond donors (Lipinski definition) is 0. The lowest BCUT2D eigenvalue weighted by Gasteiger charge is -2.42. The number of hydrogen-bond acceptors (Lipinski definition) is 0. The first-order chi connectivity index (χ1) is 16.1. The van der Waals surface area contributed by atoms with E-state index in [-0.39, 0.29) is 0 Å². The third kappa shape index (κ3) is 3.59. The molecule has 3 aliphatic rings. The maximum Gasteiger partial charge on any atom is 0.220 e. The van der Waals surface area contributed by atoms with Crippen LogP contribution >= 0.6 is 0 Å². The fourth-order valence-electron chi connectivity index (χ4n) is 6.68. The minimum atomic E-state index is 0.770. The van der Waals surface area contributed by atoms with E-state index in [4.69, 9.17) is 0 Å². The summed E-state index contributed by atoms with van der Waals surface area (Å²) >= 11 is 0. The molecule has 0 N–H and O–H groups in total. The van der Waals surface area contributed by atoms with E-state index in [9.17, 15) is 0 Å². The number of pyridine rings is 1. The van der Waals surface area contributed by atoms with E-state index in [1.807, 2.05) is 0 Å². The zero-order chi connectivity index (χ0) is 22.5. The second kappa shape index (κ2) is 8.13. The van der Waals surface area contributed by atoms with Crippen molar-refractivity contribution in [1.29, 1.82) is 0 Å². The van der Waals surface area contributed by atoms with Gasteiger partial charge in [0.25, 0.3) is 0 Å². The first-order valence-corrected chi connectivity index (χ1v) is 12.7. The molecular weight excluding hydrogens is 398 g/mol. The Morgan fingerprint density at radius 3 is 2.24 bits per heavy atom. The molecule has 0 spiro atoms. The van der Waals surface area contributed by atoms with Crippen LogP contribution in [0.2, 0.25) is 0 Å². The van der Waals surface area contributed by atoms with Gasteiger partial charge in [-0.3, -0.25) is 0 Å². The van der Waals surface area contributed by atoms with E-state index in [0.29, 0.717) is 0 Å². The van der Waals surface area contributed by atoms with Gasteiger partial charge in [0.2, 0.25) is 5.69 Å². The maximum atomic E-state index is 2.52. The van der Waals surface area contributed by atoms with Gasteiger partial charge in [-0.2, -0.15) is 4.57 Å². The summed E-state index contributed by atoms with van der Waals surface area (Å²) in [6.45, 7) is 4.49. The van der Waals surface area contributed by atoms with Gasteiger partial charge in [-0.1, -0.05) is 67.4 Å². The summed E-state index contributed by atoms with van der Waals surface area (Å²) in [6, 6.07) is 27.4. The summed E-state index contributed by atoms with van der Waals surface area (Å²) in [5.74, 6) is 2.64. The highest BCUT2D eigenvalue weighted by atomic mass is 14.9. The Balaban J connectivity index is 1.45. The summed E-state index contributed by atoms with van der Waals surface area (Å²) in [4.78, 5) is 0. The van der Waals surface area contributed by atoms with Gasteiger partial charge in [0.05, 0.1) is 5.39 Å². The van der Waals surface area contributed by atoms with Crippen LogP contribution < -0.4 is 4.57 Å². The highest BCUT2D eigenvalue weighted by Crippen LogP contribution is 2.50. The Kier molecular flexibility index (Phi) is 5.09. The Morgan fingerprint density at radius 2 is 1.55 bits per heavy atom. The molecule has 7 rings (SSSR count). The Labute approximate surface area is 198 Å². The highest BCUT2D eigenvalue weighted by Gasteiger charge is 2.36. The molecule has 1 nitrogen and oxygen atoms in total. The van der Waals surface area contributed by atoms with Crippen molar-refractivity contribution >= 4 is 10.8 Å². The van der Waals surface area contributed by atoms with Gasteiger partial charge in [-0.25, -0.2) is 0 Å². The van der Waals surface area contributed by atoms with Crippen molar-refractivity contribution in [3.63, 3.8) is 0 Å². The van der Waals surface area contributed by atoms with E-state index in [1.54, 1.807) is 5.56 Å². The number of nitrogens with zero attached hydrogens (tertiary/aromatic N) is 1. The highest BCUT2D eigenvalue weighted by molar-refractivity contribution is 5.94. The van der Waals surface area contributed by atoms with Gasteiger partial charge < -0.3 is 0 Å². The van der Waals surface area contributed by atoms with Gasteiger partial charge in [0, 0.05) is 18.6 Å². The third-order valence-corrected chi connectivity index (χ3v) is 8.62. The molecule has 3 saturated carbocycles. The van der Waals surface area contributed by atoms with Gasteiger partial charge in [0.1, 0.15) is 7.05 Å². The summed E-state index contributed by atoms with van der Waals surface area (Å²) in [5.41, 5.74) is 9.43. The zero-order valence-electron chi connectivity index (χ0n) is 20.1. The molecule has 1 heterocycles. The van der Waals surface area contributed by atoms with Gasteiger partial charge in [-0.05, 0) is 83.7 Å². The molecule has 3 aromatic carbocycles. The third-order valence-electron chi connectivity index (χ3n) is 8.62. The number of rotatable bonds is 3. The summed E-state index contributed by atoms with van der Waals surface area (Å²) in [5, 5.41) is 2.76. The van der Waals surface area contributed by atoms with Crippen molar-refractivity contribution in [2.24, 2.45) is 18.9 Å². The van der Waals surface area contributed by atoms with Crippen molar-refractivity contribution in [2.45, 2.75) is 51.9 Å². The van der Waals surface area contributed by atoms with Gasteiger partial charge >= 0.3 is 0 Å². The van der Waals surface area contributed by atoms with E-state index >= 15 is 0 Å². The first-order valence-electron chi connectivity index (χ1n) is 12.7. The molecule has 0 aliphatic heterocycles. The molecule has 166 valence electrons. The lowest BCUT2D eigenvalue weighted by Crippen LogP contribution is -2.35. The SMILES string of the molecule is Cc1cc(-c2ccccc2)ccc1-c1c2ccc(C3CC4CCC3CC4)cc2cc(C)[n+]1C. The van der Waals surface area contributed by atoms with Crippen LogP contribution in [0.4, 0.5) is 0 Å². The average Bonchev–Trinajstić information content (AvgIpc) is 2.86. The Bertz CT molecular complexity index is 1330. The molecule has 1 heteroatoms. The lowest BCUT2D eigenvalue weighted by atomic mass is 9.63. The maximum absolute atomic E-state index is 2.52. The van der Waals surface area contributed by atoms with Crippen LogP contribution in [0, 0.1) is 25.7 Å². The van der Waals surface area contributed by atoms with Crippen LogP contribution in [0.15, 0.2) is 72.8 Å². The van der Waals surface area contributed by atoms with E-state index in [2.05, 4.69) is 98.3 Å². The fraction of sp³-hybridized carbons (Fsp3) is 0.344. The molecule has 3 fully saturated rings. The fourth-order valence-corrected chi connectivity index (χ4v) is 6.68. The number of benzene rings is 3. The molecule has 2 bridgehead atoms. The number of aryl methyl sites for hydroxylation is 2. The molecule has 0 saturated heterocycles. The molecule has 4 aromatic rings. The summed E-state index contributed by atoms with van der Waals surface area (Å²) < 4.78 is 2.37. The molecular formula is C32H34N+. The van der Waals surface area contributed by atoms with Crippen LogP contribution in [0.1, 0.15) is 54.8 Å². The molecule has 33 heavy (non-hydrogen) atoms. The smallest absolute Gasteiger partial charge is 0.198 e. The quantitative estimate of drug-likeness (QED) is 0.290. The minimum Gasteiger partial charge on any atom is -0.198 e. The predicted octanol–water partition coefficient (Wildman–Crippen LogP) is 7.91. The van der Waals surface area contributed by atoms with Gasteiger partial charge in [0.15, 0.2) is 5.69 Å². The van der Waals surface area contributed by atoms with Crippen LogP contribution in [0.3, 0.4) is 0 Å². The monoisotopic (exact) mass is 432 g/mol. The van der Waals surface area contributed by atoms with Crippen LogP contribution in [-0.4, -0.2) is 0 Å². The predicted molar refractivity (Wildman–Crippen MR) is 138 cm³/mol. The Hall–Kier alpha value is -2.93. The normalized spacial score (nSPS) is 22.1. The molecule has 0 amide bonds. The van der Waals surface area contributed by atoms with E-state index in [0.717, 1.165) is 17.8 Å². The molecule has 1 atom stereocenters. The first kappa shape index (κ1) is 20.7. The summed E-state index contributed by atoms with van der Waals surface area (Å²) in [6.07, 6.45) is 7.21. The van der Waals surface area contributed by atoms with E-state index < -0.39 is 0 Å². The number of aromatic nitrogens is 1. The number of fused-ring (bicyclic) bond motifs is 4. The molecule has 1 unspecified atom stereocenters. The zero-order valence-corrected chi connectivity index (χ0v) is 20.1. The molecule has 0 radical (unpaired) electrons. The van der Waals surface area contributed by atoms with Crippen molar-refractivity contribution in [3.8, 4) is 22.4 Å². The lowest BCUT2D eigenvalue weighted by molar-refractivity contribution is -0.665. The second-order valence-corrected chi connectivity index (χ2v) is 10.6.